The highest BCUT2D eigenvalue weighted by Crippen LogP contribution is 2.21. The number of hydrogen-bond acceptors (Lipinski definition) is 2. The molecule has 0 rings (SSSR count). The van der Waals surface area contributed by atoms with Gasteiger partial charge < -0.3 is 10.2 Å². The van der Waals surface area contributed by atoms with Gasteiger partial charge in [-0.15, -0.1) is 0 Å². The number of hydrogen-bond donors (Lipinski definition) is 2. The fraction of sp³-hybridized carbons (Fsp3) is 0.778. The molecule has 0 aromatic rings. The molecule has 2 atom stereocenters. The van der Waals surface area contributed by atoms with Crippen LogP contribution in [0.25, 0.3) is 0 Å². The summed E-state index contributed by atoms with van der Waals surface area (Å²) in [7, 11) is 0. The summed E-state index contributed by atoms with van der Waals surface area (Å²) in [4.78, 5) is 0. The van der Waals surface area contributed by atoms with Gasteiger partial charge in [0.25, 0.3) is 0 Å². The second-order valence-corrected chi connectivity index (χ2v) is 2.91. The zero-order chi connectivity index (χ0) is 8.91. The van der Waals surface area contributed by atoms with E-state index in [0.717, 1.165) is 0 Å². The average molecular weight is 157 g/mol. The van der Waals surface area contributed by atoms with Crippen molar-refractivity contribution in [3.8, 4) is 0 Å². The van der Waals surface area contributed by atoms with Crippen molar-refractivity contribution in [3.05, 3.63) is 12.7 Å². The lowest BCUT2D eigenvalue weighted by atomic mass is 9.89. The third kappa shape index (κ3) is 3.04. The molecule has 0 aliphatic carbocycles. The Morgan fingerprint density at radius 1 is 1.64 bits per heavy atom. The number of aliphatic hydroxyl groups is 2. The van der Waals surface area contributed by atoms with Gasteiger partial charge >= 0.3 is 0 Å². The predicted molar refractivity (Wildman–Crippen MR) is 45.0 cm³/mol. The molecule has 0 spiro atoms. The Bertz CT molecular complexity index is 121. The maximum atomic E-state index is 9.70. The maximum absolute atomic E-state index is 9.70. The topological polar surface area (TPSA) is 40.5 Å². The van der Waals surface area contributed by atoms with Crippen LogP contribution in [0.1, 0.15) is 33.1 Å². The lowest BCUT2D eigenvalue weighted by molar-refractivity contribution is -0.0732. The lowest BCUT2D eigenvalue weighted by Gasteiger charge is -2.29. The summed E-state index contributed by atoms with van der Waals surface area (Å²) in [5.74, 6) is 0. The van der Waals surface area contributed by atoms with Crippen molar-refractivity contribution < 1.29 is 10.2 Å². The first-order valence-electron chi connectivity index (χ1n) is 4.00. The molecule has 2 unspecified atom stereocenters. The highest BCUT2D eigenvalue weighted by atomic mass is 16.3. The normalized spacial score (nSPS) is 18.9. The fourth-order valence-electron chi connectivity index (χ4n) is 1.01. The summed E-state index contributed by atoms with van der Waals surface area (Å²) >= 11 is 0. The Balaban J connectivity index is 3.98. The Morgan fingerprint density at radius 2 is 2.18 bits per heavy atom. The molecule has 0 aliphatic rings. The predicted octanol–water partition coefficient (Wildman–Crippen LogP) is 1.28. The van der Waals surface area contributed by atoms with E-state index in [1.165, 1.54) is 6.08 Å². The molecule has 0 bridgehead atoms. The molecule has 0 heterocycles. The zero-order valence-electron chi connectivity index (χ0n) is 7.25. The van der Waals surface area contributed by atoms with E-state index in [2.05, 4.69) is 0 Å². The number of allylic oxidation sites excluding steroid dienone is 1. The Kier molecular flexibility index (Phi) is 4.38. The van der Waals surface area contributed by atoms with Gasteiger partial charge in [0, 0.05) is 0 Å². The van der Waals surface area contributed by atoms with Crippen LogP contribution >= 0.6 is 0 Å². The van der Waals surface area contributed by atoms with Gasteiger partial charge in [-0.1, -0.05) is 19.6 Å². The van der Waals surface area contributed by atoms with Crippen LogP contribution in [0.5, 0.6) is 0 Å². The third-order valence-corrected chi connectivity index (χ3v) is 2.13. The minimum Gasteiger partial charge on any atom is -0.390 e. The first-order valence-corrected chi connectivity index (χ1v) is 4.00. The van der Waals surface area contributed by atoms with Crippen LogP contribution in [-0.4, -0.2) is 21.9 Å². The Morgan fingerprint density at radius 3 is 2.45 bits per heavy atom. The van der Waals surface area contributed by atoms with Gasteiger partial charge in [0.1, 0.15) is 0 Å². The van der Waals surface area contributed by atoms with Gasteiger partial charge in [0.05, 0.1) is 11.7 Å². The molecule has 0 aromatic carbocycles. The van der Waals surface area contributed by atoms with Crippen molar-refractivity contribution in [1.29, 1.82) is 0 Å². The minimum atomic E-state index is -0.962. The zero-order valence-corrected chi connectivity index (χ0v) is 7.25. The first kappa shape index (κ1) is 10.7. The van der Waals surface area contributed by atoms with Crippen LogP contribution < -0.4 is 0 Å². The summed E-state index contributed by atoms with van der Waals surface area (Å²) in [5.41, 5.74) is -0.962. The van der Waals surface area contributed by atoms with E-state index in [0.29, 0.717) is 19.3 Å². The average Bonchev–Trinajstić information content (AvgIpc) is 2.00. The second kappa shape index (κ2) is 4.52. The van der Waals surface area contributed by atoms with E-state index in [9.17, 15) is 10.2 Å². The molecule has 0 aromatic heterocycles. The highest BCUT2D eigenvalue weighted by molar-refractivity contribution is 4.84. The molecule has 0 saturated heterocycles. The van der Waals surface area contributed by atoms with Crippen LogP contribution in [0.3, 0.4) is 0 Å². The Labute approximate surface area is 68.6 Å². The molecular weight excluding hydrogens is 140 g/mol. The quantitative estimate of drug-likeness (QED) is 0.631. The molecule has 2 heteroatoms. The molecule has 2 nitrogen and oxygen atoms in total. The number of aliphatic hydroxyl groups excluding tert-OH is 1. The van der Waals surface area contributed by atoms with Crippen LogP contribution in [-0.2, 0) is 0 Å². The summed E-state index contributed by atoms with van der Waals surface area (Å²) in [6, 6.07) is 0. The van der Waals surface area contributed by atoms with Gasteiger partial charge in [-0.25, -0.2) is 0 Å². The van der Waals surface area contributed by atoms with Gasteiger partial charge in [-0.2, -0.15) is 0 Å². The fourth-order valence-corrected chi connectivity index (χ4v) is 1.01. The van der Waals surface area contributed by atoms with E-state index in [1.807, 2.05) is 6.92 Å². The van der Waals surface area contributed by atoms with Crippen molar-refractivity contribution >= 4 is 0 Å². The van der Waals surface area contributed by atoms with Crippen LogP contribution in [0.2, 0.25) is 0 Å². The molecule has 0 fully saturated rings. The summed E-state index contributed by atoms with van der Waals surface area (Å²) in [6.07, 6.45) is 2.53. The monoisotopic (exact) mass is 157 g/mol. The van der Waals surface area contributed by atoms with Gasteiger partial charge in [0.2, 0.25) is 0 Å². The molecule has 2 N–H and O–H groups in total. The molecule has 0 amide bonds. The first-order chi connectivity index (χ1) is 5.06. The summed E-state index contributed by atoms with van der Waals surface area (Å²) < 4.78 is 0. The standard InChI is InChI=1S/C9H17O2/c1-4-6-7-9(11,5-2)8(3)10/h1,4,8,10-11H,5-7H2,2-3H3. The second-order valence-electron chi connectivity index (χ2n) is 2.91. The van der Waals surface area contributed by atoms with E-state index < -0.39 is 11.7 Å². The summed E-state index contributed by atoms with van der Waals surface area (Å²) in [6.45, 7) is 8.62. The van der Waals surface area contributed by atoms with Crippen molar-refractivity contribution in [2.24, 2.45) is 0 Å². The molecule has 65 valence electrons. The molecule has 0 saturated carbocycles. The van der Waals surface area contributed by atoms with E-state index in [1.54, 1.807) is 6.92 Å². The van der Waals surface area contributed by atoms with Crippen LogP contribution in [0.15, 0.2) is 6.08 Å². The van der Waals surface area contributed by atoms with Crippen LogP contribution in [0, 0.1) is 6.58 Å². The van der Waals surface area contributed by atoms with Crippen molar-refractivity contribution in [2.75, 3.05) is 0 Å². The van der Waals surface area contributed by atoms with Crippen molar-refractivity contribution in [2.45, 2.75) is 44.8 Å². The smallest absolute Gasteiger partial charge is 0.0903 e. The molecule has 0 aliphatic heterocycles. The largest absolute Gasteiger partial charge is 0.390 e. The van der Waals surface area contributed by atoms with Gasteiger partial charge in [-0.05, 0) is 26.2 Å². The third-order valence-electron chi connectivity index (χ3n) is 2.13. The Hall–Kier alpha value is -0.340. The summed E-state index contributed by atoms with van der Waals surface area (Å²) in [5, 5.41) is 18.9. The molecular formula is C9H17O2. The highest BCUT2D eigenvalue weighted by Gasteiger charge is 2.29. The van der Waals surface area contributed by atoms with E-state index in [-0.39, 0.29) is 0 Å². The molecule has 1 radical (unpaired) electrons. The van der Waals surface area contributed by atoms with Gasteiger partial charge in [0.15, 0.2) is 0 Å². The molecule has 11 heavy (non-hydrogen) atoms. The van der Waals surface area contributed by atoms with Crippen LogP contribution in [0.4, 0.5) is 0 Å². The van der Waals surface area contributed by atoms with Crippen molar-refractivity contribution in [3.63, 3.8) is 0 Å². The van der Waals surface area contributed by atoms with Gasteiger partial charge in [-0.3, -0.25) is 0 Å². The SMILES string of the molecule is [CH]=CCCC(O)(CC)C(C)O. The lowest BCUT2D eigenvalue weighted by Crippen LogP contribution is -2.39. The maximum Gasteiger partial charge on any atom is 0.0903 e. The van der Waals surface area contributed by atoms with Crippen molar-refractivity contribution in [1.82, 2.24) is 0 Å². The van der Waals surface area contributed by atoms with E-state index in [4.69, 9.17) is 6.58 Å². The van der Waals surface area contributed by atoms with E-state index >= 15 is 0 Å². The number of rotatable bonds is 5. The minimum absolute atomic E-state index is 0.525.